The summed E-state index contributed by atoms with van der Waals surface area (Å²) in [7, 11) is 0. The number of hydrogen-bond donors (Lipinski definition) is 1. The van der Waals surface area contributed by atoms with E-state index in [-0.39, 0.29) is 37.4 Å². The molecular formula is C18H22N2O5. The number of carbonyl (C=O) groups excluding carboxylic acids is 2. The van der Waals surface area contributed by atoms with E-state index in [4.69, 9.17) is 4.74 Å². The molecule has 7 heteroatoms. The van der Waals surface area contributed by atoms with Crippen LogP contribution in [0.1, 0.15) is 30.5 Å². The molecule has 0 spiro atoms. The zero-order valence-electron chi connectivity index (χ0n) is 14.2. The number of rotatable bonds is 3. The first-order valence-electron chi connectivity index (χ1n) is 8.44. The molecule has 134 valence electrons. The van der Waals surface area contributed by atoms with Crippen LogP contribution in [0.25, 0.3) is 0 Å². The average Bonchev–Trinajstić information content (AvgIpc) is 2.61. The van der Waals surface area contributed by atoms with Crippen LogP contribution in [0, 0.1) is 0 Å². The summed E-state index contributed by atoms with van der Waals surface area (Å²) >= 11 is 0. The Morgan fingerprint density at radius 1 is 1.20 bits per heavy atom. The Labute approximate surface area is 146 Å². The number of carbonyl (C=O) groups is 3. The number of carboxylic acid groups (broad SMARTS) is 1. The van der Waals surface area contributed by atoms with Gasteiger partial charge in [0.15, 0.2) is 6.04 Å². The van der Waals surface area contributed by atoms with Crippen molar-refractivity contribution in [1.29, 1.82) is 0 Å². The summed E-state index contributed by atoms with van der Waals surface area (Å²) < 4.78 is 5.19. The minimum absolute atomic E-state index is 0.00124. The Bertz CT molecular complexity index is 690. The molecule has 0 radical (unpaired) electrons. The van der Waals surface area contributed by atoms with Crippen molar-refractivity contribution in [3.8, 4) is 0 Å². The molecule has 1 saturated heterocycles. The maximum atomic E-state index is 12.8. The summed E-state index contributed by atoms with van der Waals surface area (Å²) in [5, 5.41) is 9.32. The first-order chi connectivity index (χ1) is 12.0. The lowest BCUT2D eigenvalue weighted by Gasteiger charge is -2.39. The molecule has 0 unspecified atom stereocenters. The van der Waals surface area contributed by atoms with E-state index in [9.17, 15) is 19.5 Å². The number of fused-ring (bicyclic) bond motifs is 1. The van der Waals surface area contributed by atoms with Gasteiger partial charge in [0.2, 0.25) is 11.8 Å². The lowest BCUT2D eigenvalue weighted by atomic mass is 9.90. The van der Waals surface area contributed by atoms with Gasteiger partial charge in [-0.1, -0.05) is 24.3 Å². The molecule has 0 aromatic heterocycles. The van der Waals surface area contributed by atoms with Crippen molar-refractivity contribution in [1.82, 2.24) is 9.80 Å². The van der Waals surface area contributed by atoms with E-state index in [0.29, 0.717) is 13.2 Å². The molecule has 2 aliphatic rings. The zero-order valence-corrected chi connectivity index (χ0v) is 14.2. The second-order valence-corrected chi connectivity index (χ2v) is 6.40. The van der Waals surface area contributed by atoms with Crippen LogP contribution in [0.5, 0.6) is 0 Å². The highest BCUT2D eigenvalue weighted by atomic mass is 16.5. The number of morpholine rings is 1. The number of aliphatic carboxylic acids is 1. The molecule has 0 saturated carbocycles. The number of ether oxygens (including phenoxy) is 1. The largest absolute Gasteiger partial charge is 0.480 e. The molecule has 2 amide bonds. The van der Waals surface area contributed by atoms with Crippen LogP contribution >= 0.6 is 0 Å². The maximum absolute atomic E-state index is 12.8. The van der Waals surface area contributed by atoms with Crippen molar-refractivity contribution < 1.29 is 24.2 Å². The summed E-state index contributed by atoms with van der Waals surface area (Å²) in [5.41, 5.74) is 2.10. The summed E-state index contributed by atoms with van der Waals surface area (Å²) in [5.74, 6) is -1.41. The number of hydrogen-bond acceptors (Lipinski definition) is 4. The fraction of sp³-hybridized carbons (Fsp3) is 0.500. The maximum Gasteiger partial charge on any atom is 0.328 e. The van der Waals surface area contributed by atoms with E-state index in [1.165, 1.54) is 11.8 Å². The average molecular weight is 346 g/mol. The van der Waals surface area contributed by atoms with Crippen molar-refractivity contribution in [2.24, 2.45) is 0 Å². The van der Waals surface area contributed by atoms with Crippen LogP contribution in [-0.4, -0.2) is 65.0 Å². The molecule has 2 atom stereocenters. The molecule has 1 aromatic carbocycles. The van der Waals surface area contributed by atoms with Crippen LogP contribution < -0.4 is 0 Å². The van der Waals surface area contributed by atoms with E-state index in [1.807, 2.05) is 24.3 Å². The summed E-state index contributed by atoms with van der Waals surface area (Å²) in [4.78, 5) is 39.3. The molecule has 0 aliphatic carbocycles. The van der Waals surface area contributed by atoms with Crippen molar-refractivity contribution in [2.75, 3.05) is 26.3 Å². The van der Waals surface area contributed by atoms with Gasteiger partial charge in [-0.05, 0) is 17.5 Å². The Morgan fingerprint density at radius 3 is 2.68 bits per heavy atom. The molecule has 3 rings (SSSR count). The standard InChI is InChI=1S/C18H22N2O5/c1-12(21)19-7-6-13-4-2-3-5-14(13)15(19)10-17(22)20-8-9-25-11-16(20)18(23)24/h2-5,15-16H,6-11H2,1H3,(H,23,24)/t15-,16+/m1/s1. The predicted octanol–water partition coefficient (Wildman–Crippen LogP) is 0.834. The Hall–Kier alpha value is -2.41. The van der Waals surface area contributed by atoms with Gasteiger partial charge < -0.3 is 19.6 Å². The minimum atomic E-state index is -1.07. The highest BCUT2D eigenvalue weighted by molar-refractivity contribution is 5.85. The Kier molecular flexibility index (Phi) is 5.03. The van der Waals surface area contributed by atoms with Gasteiger partial charge >= 0.3 is 5.97 Å². The van der Waals surface area contributed by atoms with E-state index < -0.39 is 12.0 Å². The van der Waals surface area contributed by atoms with Gasteiger partial charge in [0.1, 0.15) is 0 Å². The molecule has 1 N–H and O–H groups in total. The smallest absolute Gasteiger partial charge is 0.328 e. The van der Waals surface area contributed by atoms with Crippen LogP contribution in [0.15, 0.2) is 24.3 Å². The monoisotopic (exact) mass is 346 g/mol. The molecule has 7 nitrogen and oxygen atoms in total. The van der Waals surface area contributed by atoms with E-state index in [1.54, 1.807) is 4.90 Å². The van der Waals surface area contributed by atoms with Crippen LogP contribution in [0.2, 0.25) is 0 Å². The van der Waals surface area contributed by atoms with Crippen molar-refractivity contribution in [3.05, 3.63) is 35.4 Å². The van der Waals surface area contributed by atoms with Gasteiger partial charge in [0.25, 0.3) is 0 Å². The van der Waals surface area contributed by atoms with Crippen molar-refractivity contribution in [3.63, 3.8) is 0 Å². The van der Waals surface area contributed by atoms with Gasteiger partial charge in [-0.25, -0.2) is 4.79 Å². The lowest BCUT2D eigenvalue weighted by Crippen LogP contribution is -2.53. The normalized spacial score (nSPS) is 23.1. The molecule has 2 aliphatic heterocycles. The number of carboxylic acids is 1. The van der Waals surface area contributed by atoms with Gasteiger partial charge in [0.05, 0.1) is 25.7 Å². The topological polar surface area (TPSA) is 87.2 Å². The molecule has 1 aromatic rings. The van der Waals surface area contributed by atoms with Crippen molar-refractivity contribution in [2.45, 2.75) is 31.8 Å². The second-order valence-electron chi connectivity index (χ2n) is 6.40. The van der Waals surface area contributed by atoms with E-state index in [2.05, 4.69) is 0 Å². The minimum Gasteiger partial charge on any atom is -0.480 e. The predicted molar refractivity (Wildman–Crippen MR) is 88.8 cm³/mol. The molecule has 0 bridgehead atoms. The first-order valence-corrected chi connectivity index (χ1v) is 8.44. The number of amides is 2. The zero-order chi connectivity index (χ0) is 18.0. The highest BCUT2D eigenvalue weighted by Gasteiger charge is 2.36. The van der Waals surface area contributed by atoms with Gasteiger partial charge in [-0.3, -0.25) is 9.59 Å². The van der Waals surface area contributed by atoms with Crippen LogP contribution in [-0.2, 0) is 25.5 Å². The molecular weight excluding hydrogens is 324 g/mol. The summed E-state index contributed by atoms with van der Waals surface area (Å²) in [6.45, 7) is 2.64. The van der Waals surface area contributed by atoms with Crippen molar-refractivity contribution >= 4 is 17.8 Å². The molecule has 2 heterocycles. The fourth-order valence-corrected chi connectivity index (χ4v) is 3.64. The van der Waals surface area contributed by atoms with E-state index >= 15 is 0 Å². The molecule has 1 fully saturated rings. The van der Waals surface area contributed by atoms with E-state index in [0.717, 1.165) is 17.5 Å². The van der Waals surface area contributed by atoms with Gasteiger partial charge in [-0.2, -0.15) is 0 Å². The van der Waals surface area contributed by atoms with Gasteiger partial charge in [-0.15, -0.1) is 0 Å². The summed E-state index contributed by atoms with van der Waals surface area (Å²) in [6.07, 6.45) is 0.843. The Morgan fingerprint density at radius 2 is 1.96 bits per heavy atom. The summed E-state index contributed by atoms with van der Waals surface area (Å²) in [6, 6.07) is 6.48. The second kappa shape index (κ2) is 7.23. The fourth-order valence-electron chi connectivity index (χ4n) is 3.64. The SMILES string of the molecule is CC(=O)N1CCc2ccccc2[C@H]1CC(=O)N1CCOC[C@H]1C(=O)O. The lowest BCUT2D eigenvalue weighted by molar-refractivity contribution is -0.159. The third kappa shape index (κ3) is 3.51. The third-order valence-corrected chi connectivity index (χ3v) is 4.92. The highest BCUT2D eigenvalue weighted by Crippen LogP contribution is 2.33. The quantitative estimate of drug-likeness (QED) is 0.876. The number of nitrogens with zero attached hydrogens (tertiary/aromatic N) is 2. The molecule has 25 heavy (non-hydrogen) atoms. The number of benzene rings is 1. The van der Waals surface area contributed by atoms with Crippen LogP contribution in [0.4, 0.5) is 0 Å². The van der Waals surface area contributed by atoms with Gasteiger partial charge in [0, 0.05) is 20.0 Å². The third-order valence-electron chi connectivity index (χ3n) is 4.92. The van der Waals surface area contributed by atoms with Crippen LogP contribution in [0.3, 0.4) is 0 Å². The first kappa shape index (κ1) is 17.4. The Balaban J connectivity index is 1.84.